The Hall–Kier alpha value is 0.0300. The second-order valence-corrected chi connectivity index (χ2v) is 4.34. The van der Waals surface area contributed by atoms with Gasteiger partial charge in [-0.2, -0.15) is 0 Å². The second kappa shape index (κ2) is 3.83. The van der Waals surface area contributed by atoms with Crippen LogP contribution >= 0.6 is 38.5 Å². The van der Waals surface area contributed by atoms with Crippen LogP contribution < -0.4 is 0 Å². The number of hydrogen-bond donors (Lipinski definition) is 0. The third kappa shape index (κ3) is 2.04. The van der Waals surface area contributed by atoms with E-state index in [9.17, 15) is 9.18 Å². The van der Waals surface area contributed by atoms with Crippen LogP contribution in [0.4, 0.5) is 4.39 Å². The average molecular weight is 343 g/mol. The van der Waals surface area contributed by atoms with Crippen LogP contribution in [0.3, 0.4) is 0 Å². The largest absolute Gasteiger partial charge is 0.294 e. The zero-order valence-electron chi connectivity index (χ0n) is 6.20. The summed E-state index contributed by atoms with van der Waals surface area (Å²) in [4.78, 5) is 11.0. The van der Waals surface area contributed by atoms with E-state index in [0.29, 0.717) is 5.56 Å². The first-order valence-corrected chi connectivity index (χ1v) is 5.05. The lowest BCUT2D eigenvalue weighted by molar-refractivity contribution is 0.101. The minimum absolute atomic E-state index is 0.140. The van der Waals surface area contributed by atoms with E-state index in [0.717, 1.165) is 3.57 Å². The summed E-state index contributed by atoms with van der Waals surface area (Å²) in [5.74, 6) is -0.536. The maximum atomic E-state index is 13.0. The van der Waals surface area contributed by atoms with Crippen molar-refractivity contribution in [2.75, 3.05) is 0 Å². The van der Waals surface area contributed by atoms with E-state index in [4.69, 9.17) is 0 Å². The molecule has 0 bridgehead atoms. The van der Waals surface area contributed by atoms with Crippen LogP contribution in [0.15, 0.2) is 16.6 Å². The molecule has 0 aliphatic rings. The highest BCUT2D eigenvalue weighted by atomic mass is 127. The van der Waals surface area contributed by atoms with Crippen LogP contribution in [0.1, 0.15) is 17.3 Å². The van der Waals surface area contributed by atoms with Gasteiger partial charge in [0, 0.05) is 9.13 Å². The average Bonchev–Trinajstić information content (AvgIpc) is 1.96. The maximum absolute atomic E-state index is 13.0. The number of benzene rings is 1. The van der Waals surface area contributed by atoms with E-state index in [1.54, 1.807) is 6.07 Å². The summed E-state index contributed by atoms with van der Waals surface area (Å²) in [6.45, 7) is 1.41. The summed E-state index contributed by atoms with van der Waals surface area (Å²) in [6.07, 6.45) is 0. The summed E-state index contributed by atoms with van der Waals surface area (Å²) < 4.78 is 14.0. The molecule has 1 aromatic rings. The lowest BCUT2D eigenvalue weighted by Gasteiger charge is -2.01. The molecule has 0 N–H and O–H groups in total. The molecule has 1 rings (SSSR count). The Labute approximate surface area is 91.6 Å². The van der Waals surface area contributed by atoms with Crippen LogP contribution in [0.2, 0.25) is 0 Å². The van der Waals surface area contributed by atoms with Crippen molar-refractivity contribution >= 4 is 44.3 Å². The van der Waals surface area contributed by atoms with E-state index in [-0.39, 0.29) is 10.3 Å². The zero-order chi connectivity index (χ0) is 9.30. The summed E-state index contributed by atoms with van der Waals surface area (Å²) >= 11 is 4.98. The first-order valence-electron chi connectivity index (χ1n) is 3.18. The molecule has 1 aromatic carbocycles. The molecule has 64 valence electrons. The van der Waals surface area contributed by atoms with Crippen molar-refractivity contribution in [3.05, 3.63) is 31.6 Å². The lowest BCUT2D eigenvalue weighted by Crippen LogP contribution is -1.96. The van der Waals surface area contributed by atoms with Crippen molar-refractivity contribution in [1.82, 2.24) is 0 Å². The van der Waals surface area contributed by atoms with Gasteiger partial charge in [-0.25, -0.2) is 4.39 Å². The molecular formula is C8H5BrFIO. The number of rotatable bonds is 1. The van der Waals surface area contributed by atoms with Crippen molar-refractivity contribution in [3.63, 3.8) is 0 Å². The smallest absolute Gasteiger partial charge is 0.161 e. The van der Waals surface area contributed by atoms with Crippen molar-refractivity contribution in [2.45, 2.75) is 6.92 Å². The van der Waals surface area contributed by atoms with Gasteiger partial charge in [-0.15, -0.1) is 0 Å². The zero-order valence-corrected chi connectivity index (χ0v) is 9.94. The van der Waals surface area contributed by atoms with Crippen LogP contribution in [0.5, 0.6) is 0 Å². The van der Waals surface area contributed by atoms with Crippen molar-refractivity contribution in [3.8, 4) is 0 Å². The third-order valence-electron chi connectivity index (χ3n) is 1.37. The van der Waals surface area contributed by atoms with Crippen molar-refractivity contribution in [2.24, 2.45) is 0 Å². The molecule has 4 heteroatoms. The third-order valence-corrected chi connectivity index (χ3v) is 2.80. The minimum Gasteiger partial charge on any atom is -0.294 e. The van der Waals surface area contributed by atoms with E-state index in [1.807, 2.05) is 22.6 Å². The summed E-state index contributed by atoms with van der Waals surface area (Å²) in [5, 5.41) is 0. The highest BCUT2D eigenvalue weighted by Gasteiger charge is 2.10. The highest BCUT2D eigenvalue weighted by molar-refractivity contribution is 14.1. The molecule has 0 fully saturated rings. The molecule has 0 saturated carbocycles. The molecular weight excluding hydrogens is 338 g/mol. The van der Waals surface area contributed by atoms with Gasteiger partial charge in [-0.3, -0.25) is 4.79 Å². The molecule has 0 spiro atoms. The van der Waals surface area contributed by atoms with Gasteiger partial charge >= 0.3 is 0 Å². The first-order chi connectivity index (χ1) is 5.52. The highest BCUT2D eigenvalue weighted by Crippen LogP contribution is 2.23. The fourth-order valence-electron chi connectivity index (χ4n) is 0.812. The standard InChI is InChI=1S/C8H5BrFIO/c1-4(12)6-2-5(11)3-7(10)8(6)9/h2-3H,1H3. The Morgan fingerprint density at radius 2 is 2.17 bits per heavy atom. The van der Waals surface area contributed by atoms with Crippen LogP contribution in [-0.2, 0) is 0 Å². The SMILES string of the molecule is CC(=O)c1cc(I)cc(F)c1Br. The van der Waals surface area contributed by atoms with Gasteiger partial charge in [-0.05, 0) is 57.6 Å². The van der Waals surface area contributed by atoms with E-state index >= 15 is 0 Å². The summed E-state index contributed by atoms with van der Waals surface area (Å²) in [7, 11) is 0. The number of ketones is 1. The second-order valence-electron chi connectivity index (χ2n) is 2.31. The molecule has 0 radical (unpaired) electrons. The molecule has 0 saturated heterocycles. The number of halogens is 3. The number of hydrogen-bond acceptors (Lipinski definition) is 1. The topological polar surface area (TPSA) is 17.1 Å². The fourth-order valence-corrected chi connectivity index (χ4v) is 1.91. The first kappa shape index (κ1) is 10.1. The van der Waals surface area contributed by atoms with E-state index < -0.39 is 5.82 Å². The van der Waals surface area contributed by atoms with Gasteiger partial charge in [0.1, 0.15) is 5.82 Å². The Morgan fingerprint density at radius 3 is 2.67 bits per heavy atom. The Balaban J connectivity index is 3.37. The molecule has 0 amide bonds. The van der Waals surface area contributed by atoms with Crippen LogP contribution in [-0.4, -0.2) is 5.78 Å². The molecule has 0 heterocycles. The van der Waals surface area contributed by atoms with Crippen molar-refractivity contribution < 1.29 is 9.18 Å². The molecule has 0 unspecified atom stereocenters. The maximum Gasteiger partial charge on any atom is 0.161 e. The summed E-state index contributed by atoms with van der Waals surface area (Å²) in [6, 6.07) is 3.02. The van der Waals surface area contributed by atoms with Gasteiger partial charge < -0.3 is 0 Å². The Morgan fingerprint density at radius 1 is 1.58 bits per heavy atom. The predicted octanol–water partition coefficient (Wildman–Crippen LogP) is 3.40. The van der Waals surface area contributed by atoms with Crippen LogP contribution in [0, 0.1) is 9.39 Å². The van der Waals surface area contributed by atoms with Gasteiger partial charge in [-0.1, -0.05) is 0 Å². The van der Waals surface area contributed by atoms with E-state index in [1.165, 1.54) is 13.0 Å². The predicted molar refractivity (Wildman–Crippen MR) is 56.8 cm³/mol. The lowest BCUT2D eigenvalue weighted by atomic mass is 10.1. The number of carbonyl (C=O) groups excluding carboxylic acids is 1. The molecule has 0 aromatic heterocycles. The number of carbonyl (C=O) groups is 1. The Bertz CT molecular complexity index is 338. The van der Waals surface area contributed by atoms with Gasteiger partial charge in [0.2, 0.25) is 0 Å². The van der Waals surface area contributed by atoms with E-state index in [2.05, 4.69) is 15.9 Å². The summed E-state index contributed by atoms with van der Waals surface area (Å²) in [5.41, 5.74) is 0.388. The quantitative estimate of drug-likeness (QED) is 0.434. The fraction of sp³-hybridized carbons (Fsp3) is 0.125. The molecule has 12 heavy (non-hydrogen) atoms. The molecule has 0 aliphatic heterocycles. The molecule has 1 nitrogen and oxygen atoms in total. The van der Waals surface area contributed by atoms with Gasteiger partial charge in [0.15, 0.2) is 5.78 Å². The van der Waals surface area contributed by atoms with Gasteiger partial charge in [0.05, 0.1) is 4.47 Å². The monoisotopic (exact) mass is 342 g/mol. The van der Waals surface area contributed by atoms with Gasteiger partial charge in [0.25, 0.3) is 0 Å². The van der Waals surface area contributed by atoms with Crippen LogP contribution in [0.25, 0.3) is 0 Å². The molecule has 0 aliphatic carbocycles. The normalized spacial score (nSPS) is 10.0. The van der Waals surface area contributed by atoms with Crippen molar-refractivity contribution in [1.29, 1.82) is 0 Å². The number of Topliss-reactive ketones (excluding diaryl/α,β-unsaturated/α-hetero) is 1. The Kier molecular flexibility index (Phi) is 3.22. The molecule has 0 atom stereocenters. The minimum atomic E-state index is -0.396.